The Bertz CT molecular complexity index is 326. The van der Waals surface area contributed by atoms with Crippen LogP contribution in [0.4, 0.5) is 0 Å². The van der Waals surface area contributed by atoms with Crippen molar-refractivity contribution < 1.29 is 32.8 Å². The van der Waals surface area contributed by atoms with Gasteiger partial charge in [-0.15, -0.1) is 0 Å². The summed E-state index contributed by atoms with van der Waals surface area (Å²) < 4.78 is 29.4. The van der Waals surface area contributed by atoms with E-state index in [0.717, 1.165) is 0 Å². The van der Waals surface area contributed by atoms with Gasteiger partial charge in [0.05, 0.1) is 0 Å². The van der Waals surface area contributed by atoms with E-state index in [2.05, 4.69) is 0 Å². The van der Waals surface area contributed by atoms with Crippen LogP contribution >= 0.6 is 0 Å². The van der Waals surface area contributed by atoms with Gasteiger partial charge in [0.2, 0.25) is 0 Å². The van der Waals surface area contributed by atoms with Crippen molar-refractivity contribution in [2.24, 2.45) is 0 Å². The van der Waals surface area contributed by atoms with Gasteiger partial charge in [-0.05, 0) is 12.8 Å². The second kappa shape index (κ2) is 9.84. The average Bonchev–Trinajstić information content (AvgIpc) is 1.94. The van der Waals surface area contributed by atoms with Crippen LogP contribution in [0.15, 0.2) is 0 Å². The van der Waals surface area contributed by atoms with E-state index in [0.29, 0.717) is 0 Å². The summed E-state index contributed by atoms with van der Waals surface area (Å²) >= 11 is 0. The average molecular weight is 274 g/mol. The van der Waals surface area contributed by atoms with Gasteiger partial charge >= 0.3 is 71.1 Å². The van der Waals surface area contributed by atoms with Gasteiger partial charge < -0.3 is 10.2 Å². The summed E-state index contributed by atoms with van der Waals surface area (Å²) in [5.74, 6) is -2.83. The van der Waals surface area contributed by atoms with Crippen LogP contribution in [-0.4, -0.2) is 99.5 Å². The van der Waals surface area contributed by atoms with Crippen molar-refractivity contribution in [3.8, 4) is 0 Å². The molecule has 0 radical (unpaired) electrons. The molecule has 3 N–H and O–H groups in total. The zero-order chi connectivity index (χ0) is 11.4. The van der Waals surface area contributed by atoms with Crippen molar-refractivity contribution in [3.05, 3.63) is 0 Å². The molecule has 0 aromatic heterocycles. The molecule has 0 aliphatic heterocycles. The summed E-state index contributed by atoms with van der Waals surface area (Å²) in [5.41, 5.74) is 0. The van der Waals surface area contributed by atoms with Crippen molar-refractivity contribution in [1.82, 2.24) is 0 Å². The molecule has 10 heteroatoms. The molecule has 0 spiro atoms. The predicted molar refractivity (Wildman–Crippen MR) is 58.8 cm³/mol. The van der Waals surface area contributed by atoms with Gasteiger partial charge in [0, 0.05) is 6.42 Å². The second-order valence-corrected chi connectivity index (χ2v) is 4.23. The summed E-state index contributed by atoms with van der Waals surface area (Å²) in [5, 5.41) is 14.7. The molecule has 0 heterocycles. The molecule has 0 fully saturated rings. The molecule has 1 atom stereocenters. The monoisotopic (exact) mass is 274 g/mol. The number of carbonyl (C=O) groups is 2. The van der Waals surface area contributed by atoms with E-state index >= 15 is 0 Å². The molecule has 0 amide bonds. The first-order valence-electron chi connectivity index (χ1n) is 3.66. The van der Waals surface area contributed by atoms with Gasteiger partial charge in [-0.1, -0.05) is 0 Å². The molecular weight excluding hydrogens is 262 g/mol. The summed E-state index contributed by atoms with van der Waals surface area (Å²) in [7, 11) is -4.65. The Morgan fingerprint density at radius 2 is 1.56 bits per heavy atom. The van der Waals surface area contributed by atoms with E-state index in [1.807, 2.05) is 0 Å². The van der Waals surface area contributed by atoms with Gasteiger partial charge in [-0.2, -0.15) is 8.42 Å². The molecule has 0 aromatic rings. The third kappa shape index (κ3) is 10.0. The Kier molecular flexibility index (Phi) is 13.6. The molecular formula is C6H12Na2O7S. The minimum absolute atomic E-state index is 0. The van der Waals surface area contributed by atoms with Crippen LogP contribution in [-0.2, 0) is 19.7 Å². The summed E-state index contributed by atoms with van der Waals surface area (Å²) in [6.45, 7) is 0. The number of rotatable bonds is 6. The molecule has 0 bridgehead atoms. The van der Waals surface area contributed by atoms with E-state index in [1.165, 1.54) is 0 Å². The Balaban J connectivity index is -0.000000845. The zero-order valence-corrected chi connectivity index (χ0v) is 7.90. The number of carboxylic acids is 2. The Labute approximate surface area is 137 Å². The third-order valence-corrected chi connectivity index (χ3v) is 2.65. The van der Waals surface area contributed by atoms with Crippen LogP contribution in [0.5, 0.6) is 0 Å². The first-order valence-corrected chi connectivity index (χ1v) is 5.16. The van der Waals surface area contributed by atoms with Crippen LogP contribution in [0.1, 0.15) is 19.3 Å². The minimum atomic E-state index is -4.65. The van der Waals surface area contributed by atoms with Crippen LogP contribution in [0.3, 0.4) is 0 Å². The van der Waals surface area contributed by atoms with E-state index < -0.39 is 33.7 Å². The molecule has 0 saturated heterocycles. The fraction of sp³-hybridized carbons (Fsp3) is 0.667. The molecule has 7 nitrogen and oxygen atoms in total. The molecule has 86 valence electrons. The Hall–Kier alpha value is 0.850. The van der Waals surface area contributed by atoms with Crippen molar-refractivity contribution in [2.75, 3.05) is 0 Å². The van der Waals surface area contributed by atoms with E-state index in [1.54, 1.807) is 0 Å². The van der Waals surface area contributed by atoms with Crippen molar-refractivity contribution in [1.29, 1.82) is 0 Å². The van der Waals surface area contributed by atoms with Crippen molar-refractivity contribution >= 4 is 81.2 Å². The first-order chi connectivity index (χ1) is 6.25. The predicted octanol–water partition coefficient (Wildman–Crippen LogP) is -1.71. The Morgan fingerprint density at radius 1 is 1.12 bits per heavy atom. The summed E-state index contributed by atoms with van der Waals surface area (Å²) in [4.78, 5) is 20.4. The van der Waals surface area contributed by atoms with Gasteiger partial charge in [0.15, 0.2) is 5.25 Å². The van der Waals surface area contributed by atoms with Gasteiger partial charge in [0.1, 0.15) is 0 Å². The molecule has 0 rings (SSSR count). The summed E-state index contributed by atoms with van der Waals surface area (Å²) in [6, 6.07) is 0. The fourth-order valence-electron chi connectivity index (χ4n) is 0.838. The van der Waals surface area contributed by atoms with E-state index in [9.17, 15) is 18.0 Å². The van der Waals surface area contributed by atoms with Crippen molar-refractivity contribution in [2.45, 2.75) is 24.5 Å². The first kappa shape index (κ1) is 22.1. The van der Waals surface area contributed by atoms with Crippen LogP contribution in [0.2, 0.25) is 0 Å². The topological polar surface area (TPSA) is 129 Å². The van der Waals surface area contributed by atoms with Gasteiger partial charge in [0.25, 0.3) is 10.1 Å². The number of aliphatic carboxylic acids is 2. The SMILES string of the molecule is O=C(O)CCCC(C(=O)O)S(=O)(=O)O.[NaH].[NaH]. The molecule has 0 saturated carbocycles. The number of carboxylic acid groups (broad SMARTS) is 2. The molecule has 0 aliphatic carbocycles. The fourth-order valence-corrected chi connectivity index (χ4v) is 1.56. The summed E-state index contributed by atoms with van der Waals surface area (Å²) in [6.07, 6.45) is -0.869. The van der Waals surface area contributed by atoms with Crippen LogP contribution < -0.4 is 0 Å². The second-order valence-electron chi connectivity index (χ2n) is 2.63. The molecule has 16 heavy (non-hydrogen) atoms. The van der Waals surface area contributed by atoms with Crippen molar-refractivity contribution in [3.63, 3.8) is 0 Å². The zero-order valence-electron chi connectivity index (χ0n) is 7.08. The van der Waals surface area contributed by atoms with Gasteiger partial charge in [-0.25, -0.2) is 0 Å². The third-order valence-electron chi connectivity index (χ3n) is 1.49. The van der Waals surface area contributed by atoms with Crippen LogP contribution in [0.25, 0.3) is 0 Å². The number of hydrogen-bond acceptors (Lipinski definition) is 4. The quantitative estimate of drug-likeness (QED) is 0.388. The molecule has 1 unspecified atom stereocenters. The maximum atomic E-state index is 10.5. The van der Waals surface area contributed by atoms with E-state index in [4.69, 9.17) is 14.8 Å². The molecule has 0 aliphatic rings. The van der Waals surface area contributed by atoms with Gasteiger partial charge in [-0.3, -0.25) is 14.1 Å². The molecule has 0 aromatic carbocycles. The van der Waals surface area contributed by atoms with Crippen LogP contribution in [0, 0.1) is 0 Å². The maximum absolute atomic E-state index is 10.5. The standard InChI is InChI=1S/C6H10O7S.2Na.2H/c7-5(8)3-1-2-4(6(9)10)14(11,12)13;;;;/h4H,1-3H2,(H,7,8)(H,9,10)(H,11,12,13);;;;. The normalized spacial score (nSPS) is 11.8. The Morgan fingerprint density at radius 3 is 1.81 bits per heavy atom. The number of hydrogen-bond donors (Lipinski definition) is 3. The van der Waals surface area contributed by atoms with E-state index in [-0.39, 0.29) is 72.0 Å².